The number of aromatic nitrogens is 1. The van der Waals surface area contributed by atoms with Gasteiger partial charge >= 0.3 is 0 Å². The van der Waals surface area contributed by atoms with Crippen LogP contribution in [0.25, 0.3) is 0 Å². The molecule has 0 aliphatic carbocycles. The molecule has 1 N–H and O–H groups in total. The summed E-state index contributed by atoms with van der Waals surface area (Å²) in [6, 6.07) is 0.457. The van der Waals surface area contributed by atoms with Gasteiger partial charge in [0.05, 0.1) is 0 Å². The average Bonchev–Trinajstić information content (AvgIpc) is 2.39. The molecule has 0 saturated carbocycles. The van der Waals surface area contributed by atoms with Gasteiger partial charge in [-0.1, -0.05) is 0 Å². The van der Waals surface area contributed by atoms with E-state index < -0.39 is 22.0 Å². The van der Waals surface area contributed by atoms with Crippen molar-refractivity contribution in [2.75, 3.05) is 7.05 Å². The summed E-state index contributed by atoms with van der Waals surface area (Å²) >= 11 is 3.13. The van der Waals surface area contributed by atoms with E-state index >= 15 is 0 Å². The van der Waals surface area contributed by atoms with E-state index in [1.54, 1.807) is 0 Å². The first-order valence-electron chi connectivity index (χ1n) is 5.74. The van der Waals surface area contributed by atoms with E-state index in [0.29, 0.717) is 4.47 Å². The van der Waals surface area contributed by atoms with Gasteiger partial charge in [-0.25, -0.2) is 8.42 Å². The summed E-state index contributed by atoms with van der Waals surface area (Å²) in [4.78, 5) is 27.9. The minimum absolute atomic E-state index is 0.0424. The van der Waals surface area contributed by atoms with Crippen molar-refractivity contribution >= 4 is 37.8 Å². The fourth-order valence-electron chi connectivity index (χ4n) is 1.82. The van der Waals surface area contributed by atoms with Gasteiger partial charge in [0.25, 0.3) is 0 Å². The highest BCUT2D eigenvalue weighted by atomic mass is 79.9. The van der Waals surface area contributed by atoms with E-state index in [-0.39, 0.29) is 23.6 Å². The Hall–Kier alpha value is -1.32. The second-order valence-electron chi connectivity index (χ2n) is 4.34. The van der Waals surface area contributed by atoms with Gasteiger partial charge in [-0.15, -0.1) is 0 Å². The number of hydrogen-bond donors (Lipinski definition) is 1. The van der Waals surface area contributed by atoms with Crippen LogP contribution in [0.3, 0.4) is 0 Å². The maximum atomic E-state index is 12.2. The predicted octanol–water partition coefficient (Wildman–Crippen LogP) is 0.270. The van der Waals surface area contributed by atoms with Crippen molar-refractivity contribution < 1.29 is 18.0 Å². The van der Waals surface area contributed by atoms with Crippen LogP contribution in [-0.2, 0) is 19.6 Å². The molecule has 2 rings (SSSR count). The van der Waals surface area contributed by atoms with Crippen LogP contribution in [0.15, 0.2) is 27.8 Å². The van der Waals surface area contributed by atoms with Crippen LogP contribution in [-0.4, -0.2) is 43.2 Å². The van der Waals surface area contributed by atoms with Crippen molar-refractivity contribution in [3.8, 4) is 0 Å². The van der Waals surface area contributed by atoms with Gasteiger partial charge < -0.3 is 0 Å². The quantitative estimate of drug-likeness (QED) is 0.779. The van der Waals surface area contributed by atoms with E-state index in [4.69, 9.17) is 0 Å². The lowest BCUT2D eigenvalue weighted by atomic mass is 10.1. The topological polar surface area (TPSA) is 96.4 Å². The number of rotatable bonds is 3. The SMILES string of the molecule is CN1C(=O)CCC(NS(=O)(=O)c2cncc(Br)c2)C1=O. The fraction of sp³-hybridized carbons (Fsp3) is 0.364. The first-order valence-corrected chi connectivity index (χ1v) is 8.02. The predicted molar refractivity (Wildman–Crippen MR) is 73.1 cm³/mol. The standard InChI is InChI=1S/C11H12BrN3O4S/c1-15-10(16)3-2-9(11(15)17)14-20(18,19)8-4-7(12)5-13-6-8/h4-6,9,14H,2-3H2,1H3. The lowest BCUT2D eigenvalue weighted by Crippen LogP contribution is -2.52. The third-order valence-electron chi connectivity index (χ3n) is 2.94. The number of imide groups is 1. The fourth-order valence-corrected chi connectivity index (χ4v) is 3.55. The molecule has 0 spiro atoms. The molecule has 1 unspecified atom stereocenters. The van der Waals surface area contributed by atoms with Crippen LogP contribution in [0, 0.1) is 0 Å². The second-order valence-corrected chi connectivity index (χ2v) is 6.97. The molecule has 1 aliphatic heterocycles. The Labute approximate surface area is 124 Å². The molecule has 20 heavy (non-hydrogen) atoms. The van der Waals surface area contributed by atoms with Crippen LogP contribution in [0.5, 0.6) is 0 Å². The number of likely N-dealkylation sites (N-methyl/N-ethyl adjacent to an activating group) is 1. The Balaban J connectivity index is 2.21. The molecular weight excluding hydrogens is 350 g/mol. The molecular formula is C11H12BrN3O4S. The minimum atomic E-state index is -3.86. The summed E-state index contributed by atoms with van der Waals surface area (Å²) in [5.74, 6) is -0.859. The molecule has 0 bridgehead atoms. The molecule has 0 aromatic carbocycles. The van der Waals surface area contributed by atoms with Gasteiger partial charge in [0.1, 0.15) is 10.9 Å². The summed E-state index contributed by atoms with van der Waals surface area (Å²) in [7, 11) is -2.52. The van der Waals surface area contributed by atoms with E-state index in [0.717, 1.165) is 4.90 Å². The normalized spacial score (nSPS) is 20.3. The number of piperidine rings is 1. The van der Waals surface area contributed by atoms with Crippen molar-refractivity contribution in [1.29, 1.82) is 0 Å². The van der Waals surface area contributed by atoms with E-state index in [1.165, 1.54) is 25.5 Å². The van der Waals surface area contributed by atoms with Gasteiger partial charge in [-0.2, -0.15) is 4.72 Å². The first kappa shape index (κ1) is 15.1. The summed E-state index contributed by atoms with van der Waals surface area (Å²) < 4.78 is 27.1. The highest BCUT2D eigenvalue weighted by molar-refractivity contribution is 9.10. The second kappa shape index (κ2) is 5.58. The van der Waals surface area contributed by atoms with Crippen molar-refractivity contribution in [2.45, 2.75) is 23.8 Å². The number of hydrogen-bond acceptors (Lipinski definition) is 5. The molecule has 2 amide bonds. The number of halogens is 1. The zero-order chi connectivity index (χ0) is 14.9. The number of amides is 2. The molecule has 1 fully saturated rings. The largest absolute Gasteiger partial charge is 0.284 e. The number of sulfonamides is 1. The zero-order valence-electron chi connectivity index (χ0n) is 10.5. The van der Waals surface area contributed by atoms with Crippen LogP contribution in [0.4, 0.5) is 0 Å². The van der Waals surface area contributed by atoms with Crippen molar-refractivity contribution in [3.63, 3.8) is 0 Å². The van der Waals surface area contributed by atoms with Crippen LogP contribution in [0.1, 0.15) is 12.8 Å². The number of nitrogens with one attached hydrogen (secondary N) is 1. The Kier molecular flexibility index (Phi) is 4.21. The molecule has 1 aromatic rings. The molecule has 2 heterocycles. The van der Waals surface area contributed by atoms with Gasteiger partial charge in [0.15, 0.2) is 0 Å². The lowest BCUT2D eigenvalue weighted by Gasteiger charge is -2.27. The van der Waals surface area contributed by atoms with Crippen LogP contribution >= 0.6 is 15.9 Å². The molecule has 1 aliphatic rings. The molecule has 1 saturated heterocycles. The summed E-state index contributed by atoms with van der Waals surface area (Å²) in [6.45, 7) is 0. The average molecular weight is 362 g/mol. The maximum absolute atomic E-state index is 12.2. The van der Waals surface area contributed by atoms with Crippen molar-refractivity contribution in [2.24, 2.45) is 0 Å². The third kappa shape index (κ3) is 3.05. The number of pyridine rings is 1. The number of carbonyl (C=O) groups is 2. The summed E-state index contributed by atoms with van der Waals surface area (Å²) in [5.41, 5.74) is 0. The number of carbonyl (C=O) groups excluding carboxylic acids is 2. The van der Waals surface area contributed by atoms with Crippen molar-refractivity contribution in [3.05, 3.63) is 22.9 Å². The summed E-state index contributed by atoms with van der Waals surface area (Å²) in [6.07, 6.45) is 2.93. The lowest BCUT2D eigenvalue weighted by molar-refractivity contribution is -0.147. The first-order chi connectivity index (χ1) is 9.31. The van der Waals surface area contributed by atoms with Crippen molar-refractivity contribution in [1.82, 2.24) is 14.6 Å². The molecule has 108 valence electrons. The number of nitrogens with zero attached hydrogens (tertiary/aromatic N) is 2. The smallest absolute Gasteiger partial charge is 0.247 e. The maximum Gasteiger partial charge on any atom is 0.247 e. The highest BCUT2D eigenvalue weighted by Crippen LogP contribution is 2.17. The Morgan fingerprint density at radius 3 is 2.75 bits per heavy atom. The van der Waals surface area contributed by atoms with Gasteiger partial charge in [0.2, 0.25) is 21.8 Å². The Bertz CT molecular complexity index is 661. The van der Waals surface area contributed by atoms with Gasteiger partial charge in [-0.05, 0) is 28.4 Å². The Morgan fingerprint density at radius 1 is 1.40 bits per heavy atom. The van der Waals surface area contributed by atoms with Gasteiger partial charge in [0, 0.05) is 30.3 Å². The molecule has 1 aromatic heterocycles. The monoisotopic (exact) mass is 361 g/mol. The summed E-state index contributed by atoms with van der Waals surface area (Å²) in [5, 5.41) is 0. The minimum Gasteiger partial charge on any atom is -0.284 e. The molecule has 0 radical (unpaired) electrons. The Morgan fingerprint density at radius 2 is 2.10 bits per heavy atom. The third-order valence-corrected chi connectivity index (χ3v) is 4.81. The zero-order valence-corrected chi connectivity index (χ0v) is 12.9. The van der Waals surface area contributed by atoms with Crippen LogP contribution < -0.4 is 4.72 Å². The van der Waals surface area contributed by atoms with Crippen LogP contribution in [0.2, 0.25) is 0 Å². The van der Waals surface area contributed by atoms with Gasteiger partial charge in [-0.3, -0.25) is 19.5 Å². The highest BCUT2D eigenvalue weighted by Gasteiger charge is 2.34. The number of likely N-dealkylation sites (tertiary alicyclic amines) is 1. The van der Waals surface area contributed by atoms with E-state index in [1.807, 2.05) is 0 Å². The molecule has 9 heteroatoms. The molecule has 1 atom stereocenters. The van der Waals surface area contributed by atoms with E-state index in [2.05, 4.69) is 25.6 Å². The van der Waals surface area contributed by atoms with E-state index in [9.17, 15) is 18.0 Å². The molecule has 7 nitrogen and oxygen atoms in total.